The number of benzene rings is 3. The molecule has 0 saturated heterocycles. The van der Waals surface area contributed by atoms with Gasteiger partial charge in [-0.2, -0.15) is 10.2 Å². The average Bonchev–Trinajstić information content (AvgIpc) is 3.23. The van der Waals surface area contributed by atoms with Crippen molar-refractivity contribution in [1.82, 2.24) is 4.57 Å². The maximum Gasteiger partial charge on any atom is 0.215 e. The van der Waals surface area contributed by atoms with Crippen LogP contribution in [0.15, 0.2) is 99.5 Å². The lowest BCUT2D eigenvalue weighted by atomic mass is 10.1. The molecule has 8 heteroatoms. The molecule has 32 heavy (non-hydrogen) atoms. The van der Waals surface area contributed by atoms with Crippen LogP contribution in [0.2, 0.25) is 10.0 Å². The Kier molecular flexibility index (Phi) is 7.17. The van der Waals surface area contributed by atoms with Crippen molar-refractivity contribution in [3.8, 4) is 16.9 Å². The molecule has 0 unspecified atom stereocenters. The first-order valence-corrected chi connectivity index (χ1v) is 11.4. The Balaban J connectivity index is 1.68. The fraction of sp³-hybridized carbons (Fsp3) is 0.0417. The number of hydrazone groups is 1. The number of hydrogen-bond donors (Lipinski definition) is 1. The summed E-state index contributed by atoms with van der Waals surface area (Å²) in [5.41, 5.74) is 7.48. The van der Waals surface area contributed by atoms with Crippen LogP contribution in [0, 0.1) is 0 Å². The lowest BCUT2D eigenvalue weighted by Gasteiger charge is -2.09. The van der Waals surface area contributed by atoms with Gasteiger partial charge in [0.15, 0.2) is 0 Å². The zero-order valence-electron chi connectivity index (χ0n) is 17.1. The molecule has 0 amide bonds. The maximum atomic E-state index is 6.10. The summed E-state index contributed by atoms with van der Waals surface area (Å²) in [6.07, 6.45) is 1.64. The lowest BCUT2D eigenvalue weighted by Crippen LogP contribution is -2.13. The molecule has 0 aliphatic carbocycles. The summed E-state index contributed by atoms with van der Waals surface area (Å²) in [5.74, 6) is 0. The van der Waals surface area contributed by atoms with Gasteiger partial charge in [-0.15, -0.1) is 16.4 Å². The third kappa shape index (κ3) is 5.53. The third-order valence-electron chi connectivity index (χ3n) is 4.45. The number of aromatic nitrogens is 1. The van der Waals surface area contributed by atoms with E-state index < -0.39 is 0 Å². The van der Waals surface area contributed by atoms with E-state index in [-0.39, 0.29) is 0 Å². The van der Waals surface area contributed by atoms with Crippen molar-refractivity contribution in [2.45, 2.75) is 6.92 Å². The van der Waals surface area contributed by atoms with Crippen LogP contribution in [-0.2, 0) is 0 Å². The van der Waals surface area contributed by atoms with Crippen LogP contribution in [0.3, 0.4) is 0 Å². The van der Waals surface area contributed by atoms with E-state index in [9.17, 15) is 0 Å². The summed E-state index contributed by atoms with van der Waals surface area (Å²) < 4.78 is 2.04. The summed E-state index contributed by atoms with van der Waals surface area (Å²) >= 11 is 13.7. The highest BCUT2D eigenvalue weighted by atomic mass is 35.5. The minimum Gasteiger partial charge on any atom is -0.284 e. The van der Waals surface area contributed by atoms with Gasteiger partial charge in [-0.3, -0.25) is 9.99 Å². The van der Waals surface area contributed by atoms with E-state index in [1.54, 1.807) is 6.21 Å². The minimum absolute atomic E-state index is 0.664. The van der Waals surface area contributed by atoms with Gasteiger partial charge in [-0.05, 0) is 61.0 Å². The molecular weight excluding hydrogens is 461 g/mol. The molecule has 0 saturated carbocycles. The number of rotatable bonds is 6. The average molecular weight is 480 g/mol. The Morgan fingerprint density at radius 2 is 1.56 bits per heavy atom. The second kappa shape index (κ2) is 10.4. The fourth-order valence-electron chi connectivity index (χ4n) is 2.90. The van der Waals surface area contributed by atoms with Crippen LogP contribution in [0.4, 0.5) is 5.69 Å². The van der Waals surface area contributed by atoms with Gasteiger partial charge in [0.05, 0.1) is 23.3 Å². The zero-order chi connectivity index (χ0) is 22.3. The molecule has 0 atom stereocenters. The monoisotopic (exact) mass is 479 g/mol. The van der Waals surface area contributed by atoms with Crippen LogP contribution < -0.4 is 10.2 Å². The topological polar surface area (TPSA) is 54.0 Å². The SMILES string of the molecule is CC(/C=N/Nc1ccccc1)=N\N=c1\scc(-c2ccc(Cl)cc2)n1-c1ccc(Cl)cc1. The summed E-state index contributed by atoms with van der Waals surface area (Å²) in [4.78, 5) is 0.723. The predicted octanol–water partition coefficient (Wildman–Crippen LogP) is 6.89. The number of para-hydroxylation sites is 1. The van der Waals surface area contributed by atoms with Gasteiger partial charge in [0, 0.05) is 21.1 Å². The maximum absolute atomic E-state index is 6.10. The third-order valence-corrected chi connectivity index (χ3v) is 5.77. The molecule has 0 bridgehead atoms. The highest BCUT2D eigenvalue weighted by molar-refractivity contribution is 7.07. The van der Waals surface area contributed by atoms with E-state index in [1.807, 2.05) is 95.7 Å². The van der Waals surface area contributed by atoms with Crippen LogP contribution in [0.1, 0.15) is 6.92 Å². The van der Waals surface area contributed by atoms with E-state index in [0.29, 0.717) is 15.8 Å². The highest BCUT2D eigenvalue weighted by Crippen LogP contribution is 2.25. The number of thiazole rings is 1. The number of nitrogens with one attached hydrogen (secondary N) is 1. The van der Waals surface area contributed by atoms with Gasteiger partial charge < -0.3 is 0 Å². The predicted molar refractivity (Wildman–Crippen MR) is 136 cm³/mol. The zero-order valence-corrected chi connectivity index (χ0v) is 19.4. The first-order chi connectivity index (χ1) is 15.6. The summed E-state index contributed by atoms with van der Waals surface area (Å²) in [6.45, 7) is 1.85. The van der Waals surface area contributed by atoms with E-state index in [1.165, 1.54) is 11.3 Å². The van der Waals surface area contributed by atoms with Crippen molar-refractivity contribution in [2.24, 2.45) is 15.3 Å². The van der Waals surface area contributed by atoms with Crippen LogP contribution >= 0.6 is 34.5 Å². The number of nitrogens with zero attached hydrogens (tertiary/aromatic N) is 4. The number of hydrogen-bond acceptors (Lipinski definition) is 5. The molecule has 5 nitrogen and oxygen atoms in total. The van der Waals surface area contributed by atoms with Gasteiger partial charge >= 0.3 is 0 Å². The smallest absolute Gasteiger partial charge is 0.215 e. The van der Waals surface area contributed by atoms with Crippen LogP contribution in [0.5, 0.6) is 0 Å². The van der Waals surface area contributed by atoms with Gasteiger partial charge in [-0.25, -0.2) is 0 Å². The summed E-state index contributed by atoms with van der Waals surface area (Å²) in [5, 5.41) is 16.5. The quantitative estimate of drug-likeness (QED) is 0.237. The molecule has 0 fully saturated rings. The number of halogens is 2. The van der Waals surface area contributed by atoms with Crippen LogP contribution in [-0.4, -0.2) is 16.5 Å². The van der Waals surface area contributed by atoms with Gasteiger partial charge in [0.1, 0.15) is 0 Å². The Labute approximate surface area is 200 Å². The Bertz CT molecular complexity index is 1310. The van der Waals surface area contributed by atoms with Crippen molar-refractivity contribution in [3.63, 3.8) is 0 Å². The molecule has 1 aromatic heterocycles. The Morgan fingerprint density at radius 3 is 2.25 bits per heavy atom. The lowest BCUT2D eigenvalue weighted by molar-refractivity contribution is 0.971. The van der Waals surface area contributed by atoms with E-state index in [4.69, 9.17) is 23.2 Å². The second-order valence-electron chi connectivity index (χ2n) is 6.80. The van der Waals surface area contributed by atoms with Crippen molar-refractivity contribution < 1.29 is 0 Å². The van der Waals surface area contributed by atoms with Crippen LogP contribution in [0.25, 0.3) is 16.9 Å². The first-order valence-electron chi connectivity index (χ1n) is 9.75. The molecule has 4 rings (SSSR count). The second-order valence-corrected chi connectivity index (χ2v) is 8.51. The standard InChI is InChI=1S/C24H19Cl2N5S/c1-17(15-27-29-21-5-3-2-4-6-21)28-30-24-31(22-13-11-20(26)12-14-22)23(16-32-24)18-7-9-19(25)10-8-18/h2-16,29H,1H3/b27-15+,28-17+,30-24+. The molecular formula is C24H19Cl2N5S. The first kappa shape index (κ1) is 22.0. The molecule has 1 N–H and O–H groups in total. The van der Waals surface area contributed by atoms with Gasteiger partial charge in [-0.1, -0.05) is 53.5 Å². The van der Waals surface area contributed by atoms with E-state index in [2.05, 4.69) is 20.7 Å². The normalized spacial score (nSPS) is 12.5. The van der Waals surface area contributed by atoms with E-state index >= 15 is 0 Å². The number of anilines is 1. The Morgan fingerprint density at radius 1 is 0.906 bits per heavy atom. The van der Waals surface area contributed by atoms with Crippen molar-refractivity contribution in [1.29, 1.82) is 0 Å². The van der Waals surface area contributed by atoms with Crippen molar-refractivity contribution in [3.05, 3.63) is 99.1 Å². The summed E-state index contributed by atoms with van der Waals surface area (Å²) in [6, 6.07) is 25.0. The highest BCUT2D eigenvalue weighted by Gasteiger charge is 2.10. The van der Waals surface area contributed by atoms with Gasteiger partial charge in [0.2, 0.25) is 4.80 Å². The molecule has 0 radical (unpaired) electrons. The largest absolute Gasteiger partial charge is 0.284 e. The fourth-order valence-corrected chi connectivity index (χ4v) is 4.01. The molecule has 0 aliphatic rings. The molecule has 0 spiro atoms. The van der Waals surface area contributed by atoms with E-state index in [0.717, 1.165) is 27.4 Å². The Hall–Kier alpha value is -3.19. The molecule has 0 aliphatic heterocycles. The molecule has 160 valence electrons. The minimum atomic E-state index is 0.664. The molecule has 1 heterocycles. The van der Waals surface area contributed by atoms with Crippen molar-refractivity contribution >= 4 is 52.2 Å². The molecule has 3 aromatic carbocycles. The van der Waals surface area contributed by atoms with Gasteiger partial charge in [0.25, 0.3) is 0 Å². The van der Waals surface area contributed by atoms with Crippen molar-refractivity contribution in [2.75, 3.05) is 5.43 Å². The molecule has 4 aromatic rings. The summed E-state index contributed by atoms with van der Waals surface area (Å²) in [7, 11) is 0.